The molecule has 0 bridgehead atoms. The van der Waals surface area contributed by atoms with Crippen LogP contribution in [-0.4, -0.2) is 114 Å². The van der Waals surface area contributed by atoms with Crippen LogP contribution in [0.3, 0.4) is 0 Å². The van der Waals surface area contributed by atoms with E-state index in [-0.39, 0.29) is 18.6 Å². The summed E-state index contributed by atoms with van der Waals surface area (Å²) in [6.07, 6.45) is 3.46. The number of likely N-dealkylation sites (N-methyl/N-ethyl adjacent to an activating group) is 2. The highest BCUT2D eigenvalue weighted by Gasteiger charge is 2.34. The van der Waals surface area contributed by atoms with Crippen LogP contribution in [0.5, 0.6) is 5.75 Å². The zero-order chi connectivity index (χ0) is 26.4. The molecule has 0 N–H and O–H groups in total. The number of nitrogens with zero attached hydrogens (tertiary/aromatic N) is 4. The molecule has 8 nitrogen and oxygen atoms in total. The normalized spacial score (nSPS) is 20.9. The molecule has 1 unspecified atom stereocenters. The molecule has 0 aliphatic carbocycles. The maximum atomic E-state index is 13.1. The van der Waals surface area contributed by atoms with Crippen molar-refractivity contribution < 1.29 is 18.5 Å². The summed E-state index contributed by atoms with van der Waals surface area (Å²) in [7, 11) is 4.04. The fourth-order valence-corrected chi connectivity index (χ4v) is 6.60. The van der Waals surface area contributed by atoms with Crippen LogP contribution in [0.1, 0.15) is 44.2 Å². The van der Waals surface area contributed by atoms with Crippen molar-refractivity contribution in [3.8, 4) is 5.75 Å². The number of amides is 1. The van der Waals surface area contributed by atoms with Gasteiger partial charge in [0.15, 0.2) is 0 Å². The van der Waals surface area contributed by atoms with Gasteiger partial charge in [-0.2, -0.15) is 0 Å². The fraction of sp³-hybridized carbons (Fsp3) is 0.741. The molecule has 2 fully saturated rings. The van der Waals surface area contributed by atoms with Gasteiger partial charge in [-0.05, 0) is 83.3 Å². The number of rotatable bonds is 11. The average Bonchev–Trinajstić information content (AvgIpc) is 3.35. The lowest BCUT2D eigenvalue weighted by molar-refractivity contribution is -0.136. The molecule has 0 saturated carbocycles. The van der Waals surface area contributed by atoms with Crippen LogP contribution in [0.4, 0.5) is 0 Å². The van der Waals surface area contributed by atoms with Gasteiger partial charge in [-0.1, -0.05) is 0 Å². The first-order valence-corrected chi connectivity index (χ1v) is 14.3. The van der Waals surface area contributed by atoms with E-state index in [1.54, 1.807) is 11.4 Å². The van der Waals surface area contributed by atoms with Crippen molar-refractivity contribution in [3.05, 3.63) is 23.3 Å². The monoisotopic (exact) mass is 522 g/mol. The first kappa shape index (κ1) is 29.0. The fourth-order valence-electron chi connectivity index (χ4n) is 5.38. The van der Waals surface area contributed by atoms with Crippen LogP contribution in [0.2, 0.25) is 0 Å². The highest BCUT2D eigenvalue weighted by Crippen LogP contribution is 2.26. The van der Waals surface area contributed by atoms with Gasteiger partial charge in [-0.15, -0.1) is 0 Å². The van der Waals surface area contributed by atoms with Gasteiger partial charge in [0.05, 0.1) is 18.6 Å². The molecule has 0 spiro atoms. The SMILES string of the molecule is COc1cc(C)c(S(=O)N(C)CCOCC(=O)N(C)[C@H]2CCN(C3CCN(C(C)C)CC3)C2)c(C)c1. The van der Waals surface area contributed by atoms with E-state index in [0.29, 0.717) is 25.2 Å². The molecule has 36 heavy (non-hydrogen) atoms. The van der Waals surface area contributed by atoms with Crippen LogP contribution < -0.4 is 4.74 Å². The number of hydrogen-bond acceptors (Lipinski definition) is 6. The lowest BCUT2D eigenvalue weighted by Gasteiger charge is -2.38. The molecular weight excluding hydrogens is 476 g/mol. The van der Waals surface area contributed by atoms with Crippen LogP contribution in [0.15, 0.2) is 17.0 Å². The number of carbonyl (C=O) groups is 1. The Labute approximate surface area is 220 Å². The lowest BCUT2D eigenvalue weighted by Crippen LogP contribution is -2.47. The van der Waals surface area contributed by atoms with Gasteiger partial charge in [-0.3, -0.25) is 9.69 Å². The zero-order valence-corrected chi connectivity index (χ0v) is 24.1. The summed E-state index contributed by atoms with van der Waals surface area (Å²) < 4.78 is 25.8. The minimum absolute atomic E-state index is 0.0158. The number of benzene rings is 1. The molecule has 204 valence electrons. The Hall–Kier alpha value is -1.52. The number of piperidine rings is 1. The second kappa shape index (κ2) is 13.3. The van der Waals surface area contributed by atoms with Crippen molar-refractivity contribution in [3.63, 3.8) is 0 Å². The Morgan fingerprint density at radius 2 is 1.75 bits per heavy atom. The number of likely N-dealkylation sites (tertiary alicyclic amines) is 2. The number of ether oxygens (including phenoxy) is 2. The molecule has 0 radical (unpaired) electrons. The lowest BCUT2D eigenvalue weighted by atomic mass is 10.0. The zero-order valence-electron chi connectivity index (χ0n) is 23.3. The number of methoxy groups -OCH3 is 1. The molecule has 2 aliphatic heterocycles. The van der Waals surface area contributed by atoms with Crippen molar-refractivity contribution in [2.24, 2.45) is 0 Å². The first-order chi connectivity index (χ1) is 17.1. The van der Waals surface area contributed by atoms with Crippen LogP contribution in [0.25, 0.3) is 0 Å². The maximum absolute atomic E-state index is 13.1. The molecule has 2 heterocycles. The molecule has 1 aromatic carbocycles. The Morgan fingerprint density at radius 1 is 1.11 bits per heavy atom. The predicted octanol–water partition coefficient (Wildman–Crippen LogP) is 2.69. The molecule has 1 amide bonds. The second-order valence-corrected chi connectivity index (χ2v) is 12.1. The van der Waals surface area contributed by atoms with E-state index in [1.165, 1.54) is 25.9 Å². The Balaban J connectivity index is 1.39. The summed E-state index contributed by atoms with van der Waals surface area (Å²) >= 11 is 0. The molecule has 0 aromatic heterocycles. The summed E-state index contributed by atoms with van der Waals surface area (Å²) in [4.78, 5) is 20.6. The van der Waals surface area contributed by atoms with Gasteiger partial charge in [0.1, 0.15) is 23.3 Å². The molecule has 3 rings (SSSR count). The van der Waals surface area contributed by atoms with E-state index >= 15 is 0 Å². The average molecular weight is 523 g/mol. The van der Waals surface area contributed by atoms with E-state index in [1.807, 2.05) is 45.0 Å². The Kier molecular flexibility index (Phi) is 10.8. The minimum Gasteiger partial charge on any atom is -0.497 e. The van der Waals surface area contributed by atoms with E-state index in [9.17, 15) is 9.00 Å². The second-order valence-electron chi connectivity index (χ2n) is 10.5. The largest absolute Gasteiger partial charge is 0.497 e. The molecule has 2 atom stereocenters. The van der Waals surface area contributed by atoms with E-state index < -0.39 is 11.0 Å². The van der Waals surface area contributed by atoms with Crippen molar-refractivity contribution in [1.29, 1.82) is 0 Å². The van der Waals surface area contributed by atoms with Gasteiger partial charge in [-0.25, -0.2) is 8.51 Å². The smallest absolute Gasteiger partial charge is 0.248 e. The van der Waals surface area contributed by atoms with Gasteiger partial charge < -0.3 is 19.3 Å². The van der Waals surface area contributed by atoms with Crippen LogP contribution in [0, 0.1) is 13.8 Å². The van der Waals surface area contributed by atoms with E-state index in [0.717, 1.165) is 41.3 Å². The van der Waals surface area contributed by atoms with Gasteiger partial charge in [0.2, 0.25) is 5.91 Å². The molecule has 9 heteroatoms. The number of aryl methyl sites for hydroxylation is 2. The van der Waals surface area contributed by atoms with Crippen LogP contribution >= 0.6 is 0 Å². The van der Waals surface area contributed by atoms with Crippen molar-refractivity contribution >= 4 is 16.9 Å². The molecule has 2 saturated heterocycles. The molecular formula is C27H46N4O4S. The first-order valence-electron chi connectivity index (χ1n) is 13.2. The van der Waals surface area contributed by atoms with Gasteiger partial charge in [0, 0.05) is 51.9 Å². The third-order valence-electron chi connectivity index (χ3n) is 7.78. The standard InChI is InChI=1S/C27H46N4O4S/c1-20(2)30-11-8-23(9-12-30)31-13-10-24(18-31)29(6)26(32)19-35-15-14-28(5)36(33)27-21(3)16-25(34-7)17-22(27)4/h16-17,20,23-24H,8-15,18-19H2,1-7H3/t24-,36?/m0/s1. The highest BCUT2D eigenvalue weighted by atomic mass is 32.2. The summed E-state index contributed by atoms with van der Waals surface area (Å²) in [5, 5.41) is 0. The number of carbonyl (C=O) groups excluding carboxylic acids is 1. The minimum atomic E-state index is -1.30. The highest BCUT2D eigenvalue weighted by molar-refractivity contribution is 7.82. The summed E-state index contributed by atoms with van der Waals surface area (Å²) in [6.45, 7) is 13.7. The molecule has 2 aliphatic rings. The predicted molar refractivity (Wildman–Crippen MR) is 145 cm³/mol. The summed E-state index contributed by atoms with van der Waals surface area (Å²) in [5.74, 6) is 0.781. The third-order valence-corrected chi connectivity index (χ3v) is 9.53. The van der Waals surface area contributed by atoms with Crippen molar-refractivity contribution in [1.82, 2.24) is 19.0 Å². The molecule has 1 aromatic rings. The topological polar surface area (TPSA) is 65.6 Å². The van der Waals surface area contributed by atoms with E-state index in [4.69, 9.17) is 9.47 Å². The maximum Gasteiger partial charge on any atom is 0.248 e. The Bertz CT molecular complexity index is 881. The quantitative estimate of drug-likeness (QED) is 0.417. The van der Waals surface area contributed by atoms with Crippen molar-refractivity contribution in [2.75, 3.05) is 67.1 Å². The number of hydrogen-bond donors (Lipinski definition) is 0. The van der Waals surface area contributed by atoms with Gasteiger partial charge in [0.25, 0.3) is 0 Å². The van der Waals surface area contributed by atoms with Crippen LogP contribution in [-0.2, 0) is 20.5 Å². The van der Waals surface area contributed by atoms with E-state index in [2.05, 4.69) is 23.6 Å². The summed E-state index contributed by atoms with van der Waals surface area (Å²) in [6, 6.07) is 5.31. The van der Waals surface area contributed by atoms with Gasteiger partial charge >= 0.3 is 0 Å². The third kappa shape index (κ3) is 7.28. The van der Waals surface area contributed by atoms with Crippen molar-refractivity contribution in [2.45, 2.75) is 70.0 Å². The summed E-state index contributed by atoms with van der Waals surface area (Å²) in [5.41, 5.74) is 1.87. The Morgan fingerprint density at radius 3 is 2.33 bits per heavy atom.